The number of aromatic nitrogens is 2. The highest BCUT2D eigenvalue weighted by molar-refractivity contribution is 6.14. The summed E-state index contributed by atoms with van der Waals surface area (Å²) < 4.78 is 2.34. The van der Waals surface area contributed by atoms with Crippen molar-refractivity contribution in [1.29, 1.82) is 0 Å². The largest absolute Gasteiger partial charge is 0.292 e. The Morgan fingerprint density at radius 2 is 1.44 bits per heavy atom. The number of nitrogens with zero attached hydrogens (tertiary/aromatic N) is 2. The van der Waals surface area contributed by atoms with Gasteiger partial charge in [0.05, 0.1) is 17.4 Å². The summed E-state index contributed by atoms with van der Waals surface area (Å²) in [5, 5.41) is 3.81. The van der Waals surface area contributed by atoms with Gasteiger partial charge in [0.1, 0.15) is 5.65 Å². The van der Waals surface area contributed by atoms with E-state index >= 15 is 0 Å². The van der Waals surface area contributed by atoms with Crippen molar-refractivity contribution in [2.75, 3.05) is 0 Å². The number of hydrogen-bond acceptors (Lipinski definition) is 1. The first-order chi connectivity index (χ1) is 13.1. The van der Waals surface area contributed by atoms with Gasteiger partial charge in [-0.15, -0.1) is 0 Å². The van der Waals surface area contributed by atoms with Crippen LogP contribution in [0.5, 0.6) is 0 Å². The van der Waals surface area contributed by atoms with E-state index in [9.17, 15) is 0 Å². The Hall–Kier alpha value is -3.13. The molecule has 0 aliphatic heterocycles. The van der Waals surface area contributed by atoms with Crippen LogP contribution >= 0.6 is 0 Å². The molecule has 5 rings (SSSR count). The van der Waals surface area contributed by atoms with Crippen LogP contribution in [-0.2, 0) is 0 Å². The molecule has 132 valence electrons. The highest BCUT2D eigenvalue weighted by Gasteiger charge is 2.17. The van der Waals surface area contributed by atoms with E-state index in [1.54, 1.807) is 0 Å². The average molecular weight is 350 g/mol. The molecule has 2 nitrogen and oxygen atoms in total. The third kappa shape index (κ3) is 2.23. The molecule has 3 aromatic carbocycles. The number of pyridine rings is 1. The van der Waals surface area contributed by atoms with Crippen molar-refractivity contribution in [3.63, 3.8) is 0 Å². The van der Waals surface area contributed by atoms with Gasteiger partial charge in [-0.25, -0.2) is 4.98 Å². The average Bonchev–Trinajstić information content (AvgIpc) is 3.06. The maximum absolute atomic E-state index is 4.88. The smallest absolute Gasteiger partial charge is 0.145 e. The monoisotopic (exact) mass is 350 g/mol. The van der Waals surface area contributed by atoms with Crippen LogP contribution < -0.4 is 0 Å². The van der Waals surface area contributed by atoms with Crippen LogP contribution in [0.15, 0.2) is 60.8 Å². The Bertz CT molecular complexity index is 1340. The highest BCUT2D eigenvalue weighted by Crippen LogP contribution is 2.36. The van der Waals surface area contributed by atoms with Gasteiger partial charge in [-0.05, 0) is 61.9 Å². The molecule has 2 heteroatoms. The van der Waals surface area contributed by atoms with Crippen molar-refractivity contribution in [3.8, 4) is 11.3 Å². The summed E-state index contributed by atoms with van der Waals surface area (Å²) in [6.45, 7) is 8.71. The lowest BCUT2D eigenvalue weighted by molar-refractivity contribution is 1.24. The molecule has 2 aromatic heterocycles. The first-order valence-electron chi connectivity index (χ1n) is 9.42. The molecule has 0 spiro atoms. The molecular weight excluding hydrogens is 328 g/mol. The molecule has 2 heterocycles. The van der Waals surface area contributed by atoms with Crippen LogP contribution in [0.4, 0.5) is 0 Å². The zero-order valence-corrected chi connectivity index (χ0v) is 16.2. The van der Waals surface area contributed by atoms with Crippen LogP contribution in [0.1, 0.15) is 22.3 Å². The van der Waals surface area contributed by atoms with Crippen LogP contribution in [0, 0.1) is 27.7 Å². The van der Waals surface area contributed by atoms with E-state index in [0.29, 0.717) is 0 Å². The summed E-state index contributed by atoms with van der Waals surface area (Å²) >= 11 is 0. The third-order valence-electron chi connectivity index (χ3n) is 5.68. The van der Waals surface area contributed by atoms with Crippen LogP contribution in [0.3, 0.4) is 0 Å². The molecule has 0 radical (unpaired) electrons. The van der Waals surface area contributed by atoms with Crippen LogP contribution in [0.2, 0.25) is 0 Å². The van der Waals surface area contributed by atoms with Gasteiger partial charge in [-0.2, -0.15) is 0 Å². The highest BCUT2D eigenvalue weighted by atomic mass is 15.0. The number of fused-ring (bicyclic) bond motifs is 6. The second-order valence-corrected chi connectivity index (χ2v) is 7.59. The lowest BCUT2D eigenvalue weighted by Gasteiger charge is -2.15. The van der Waals surface area contributed by atoms with Crippen LogP contribution in [-0.4, -0.2) is 9.38 Å². The minimum atomic E-state index is 1.03. The normalized spacial score (nSPS) is 11.7. The minimum absolute atomic E-state index is 1.03. The summed E-state index contributed by atoms with van der Waals surface area (Å²) in [6.07, 6.45) is 2.03. The summed E-state index contributed by atoms with van der Waals surface area (Å²) in [5.74, 6) is 0. The van der Waals surface area contributed by atoms with E-state index in [-0.39, 0.29) is 0 Å². The quantitative estimate of drug-likeness (QED) is 0.314. The standard InChI is InChI=1S/C25H22N2/c1-15-11-12-21-20(13-15)24-18(4)9-6-10-19(24)25-26-14-22(27(21)25)23-16(2)7-5-8-17(23)3/h5-14H,1-4H3. The van der Waals surface area contributed by atoms with E-state index in [2.05, 4.69) is 86.7 Å². The Kier molecular flexibility index (Phi) is 3.38. The molecule has 0 saturated carbocycles. The van der Waals surface area contributed by atoms with E-state index in [1.165, 1.54) is 49.5 Å². The van der Waals surface area contributed by atoms with Gasteiger partial charge in [-0.3, -0.25) is 4.40 Å². The first kappa shape index (κ1) is 16.1. The fourth-order valence-electron chi connectivity index (χ4n) is 4.44. The Morgan fingerprint density at radius 1 is 0.741 bits per heavy atom. The number of benzene rings is 3. The number of imidazole rings is 1. The fraction of sp³-hybridized carbons (Fsp3) is 0.160. The van der Waals surface area contributed by atoms with Crippen LogP contribution in [0.25, 0.3) is 38.6 Å². The van der Waals surface area contributed by atoms with E-state index < -0.39 is 0 Å². The molecule has 0 fully saturated rings. The van der Waals surface area contributed by atoms with Crippen molar-refractivity contribution >= 4 is 27.3 Å². The molecule has 0 unspecified atom stereocenters. The molecule has 0 aliphatic carbocycles. The van der Waals surface area contributed by atoms with Crippen molar-refractivity contribution in [1.82, 2.24) is 9.38 Å². The molecule has 0 amide bonds. The minimum Gasteiger partial charge on any atom is -0.292 e. The summed E-state index contributed by atoms with van der Waals surface area (Å²) in [6, 6.07) is 19.7. The van der Waals surface area contributed by atoms with Gasteiger partial charge >= 0.3 is 0 Å². The summed E-state index contributed by atoms with van der Waals surface area (Å²) in [4.78, 5) is 4.88. The van der Waals surface area contributed by atoms with E-state index in [0.717, 1.165) is 11.3 Å². The predicted octanol–water partition coefficient (Wildman–Crippen LogP) is 6.54. The number of hydrogen-bond donors (Lipinski definition) is 0. The van der Waals surface area contributed by atoms with Crippen molar-refractivity contribution < 1.29 is 0 Å². The SMILES string of the molecule is Cc1ccc2c(c1)c1c(C)cccc1c1ncc(-c3c(C)cccc3C)n21. The Balaban J connectivity index is 2.07. The molecule has 0 aliphatic rings. The molecule has 0 bridgehead atoms. The van der Waals surface area contributed by atoms with E-state index in [1.807, 2.05) is 6.20 Å². The first-order valence-corrected chi connectivity index (χ1v) is 9.42. The Labute approximate surface area is 159 Å². The predicted molar refractivity (Wildman–Crippen MR) is 115 cm³/mol. The summed E-state index contributed by atoms with van der Waals surface area (Å²) in [7, 11) is 0. The molecule has 5 aromatic rings. The molecule has 0 saturated heterocycles. The third-order valence-corrected chi connectivity index (χ3v) is 5.68. The summed E-state index contributed by atoms with van der Waals surface area (Å²) in [5.41, 5.74) is 9.82. The maximum Gasteiger partial charge on any atom is 0.145 e. The van der Waals surface area contributed by atoms with E-state index in [4.69, 9.17) is 4.98 Å². The zero-order chi connectivity index (χ0) is 18.7. The molecule has 0 N–H and O–H groups in total. The van der Waals surface area contributed by atoms with Gasteiger partial charge in [-0.1, -0.05) is 48.0 Å². The molecular formula is C25H22N2. The number of rotatable bonds is 1. The van der Waals surface area contributed by atoms with Crippen molar-refractivity contribution in [2.24, 2.45) is 0 Å². The number of aryl methyl sites for hydroxylation is 4. The Morgan fingerprint density at radius 3 is 2.22 bits per heavy atom. The van der Waals surface area contributed by atoms with Crippen molar-refractivity contribution in [3.05, 3.63) is 83.0 Å². The zero-order valence-electron chi connectivity index (χ0n) is 16.2. The molecule has 27 heavy (non-hydrogen) atoms. The van der Waals surface area contributed by atoms with Crippen molar-refractivity contribution in [2.45, 2.75) is 27.7 Å². The second-order valence-electron chi connectivity index (χ2n) is 7.59. The van der Waals surface area contributed by atoms with Gasteiger partial charge in [0.2, 0.25) is 0 Å². The van der Waals surface area contributed by atoms with Gasteiger partial charge < -0.3 is 0 Å². The fourth-order valence-corrected chi connectivity index (χ4v) is 4.44. The lowest BCUT2D eigenvalue weighted by atomic mass is 9.98. The topological polar surface area (TPSA) is 17.3 Å². The molecule has 0 atom stereocenters. The lowest BCUT2D eigenvalue weighted by Crippen LogP contribution is -1.97. The van der Waals surface area contributed by atoms with Gasteiger partial charge in [0, 0.05) is 16.3 Å². The maximum atomic E-state index is 4.88. The van der Waals surface area contributed by atoms with Gasteiger partial charge in [0.15, 0.2) is 0 Å². The van der Waals surface area contributed by atoms with Gasteiger partial charge in [0.25, 0.3) is 0 Å². The second kappa shape index (κ2) is 5.68.